The monoisotopic (exact) mass is 396 g/mol. The summed E-state index contributed by atoms with van der Waals surface area (Å²) in [7, 11) is 3.08. The fourth-order valence-corrected chi connectivity index (χ4v) is 4.07. The van der Waals surface area contributed by atoms with Crippen molar-refractivity contribution in [2.75, 3.05) is 20.0 Å². The smallest absolute Gasteiger partial charge is 0.262 e. The van der Waals surface area contributed by atoms with E-state index in [4.69, 9.17) is 9.47 Å². The zero-order chi connectivity index (χ0) is 19.7. The average molecular weight is 396 g/mol. The fraction of sp³-hybridized carbons (Fsp3) is 0.286. The van der Waals surface area contributed by atoms with Gasteiger partial charge in [-0.25, -0.2) is 4.98 Å². The summed E-state index contributed by atoms with van der Waals surface area (Å²) in [5, 5.41) is 1.20. The molecule has 0 bridgehead atoms. The van der Waals surface area contributed by atoms with Gasteiger partial charge >= 0.3 is 0 Å². The Labute approximate surface area is 166 Å². The molecule has 1 aromatic heterocycles. The Kier molecular flexibility index (Phi) is 5.09. The molecule has 0 saturated heterocycles. The molecule has 0 unspecified atom stereocenters. The highest BCUT2D eigenvalue weighted by Crippen LogP contribution is 2.37. The van der Waals surface area contributed by atoms with Gasteiger partial charge in [-0.05, 0) is 43.2 Å². The van der Waals surface area contributed by atoms with Crippen LogP contribution in [0.4, 0.5) is 0 Å². The van der Waals surface area contributed by atoms with Crippen molar-refractivity contribution in [3.63, 3.8) is 0 Å². The molecule has 144 valence electrons. The van der Waals surface area contributed by atoms with Crippen LogP contribution >= 0.6 is 11.8 Å². The van der Waals surface area contributed by atoms with Crippen LogP contribution in [0, 0.1) is 0 Å². The summed E-state index contributed by atoms with van der Waals surface area (Å²) in [5.74, 6) is 1.14. The van der Waals surface area contributed by atoms with E-state index in [0.717, 1.165) is 12.8 Å². The number of para-hydroxylation sites is 1. The molecule has 1 heterocycles. The number of benzene rings is 2. The molecule has 0 atom stereocenters. The maximum atomic E-state index is 12.9. The first-order valence-electron chi connectivity index (χ1n) is 9.01. The van der Waals surface area contributed by atoms with Crippen molar-refractivity contribution in [2.24, 2.45) is 0 Å². The molecule has 4 rings (SSSR count). The summed E-state index contributed by atoms with van der Waals surface area (Å²) in [4.78, 5) is 30.4. The van der Waals surface area contributed by atoms with Crippen LogP contribution in [0.5, 0.6) is 11.5 Å². The molecule has 0 amide bonds. The highest BCUT2D eigenvalue weighted by Gasteiger charge is 2.29. The highest BCUT2D eigenvalue weighted by molar-refractivity contribution is 7.99. The second-order valence-electron chi connectivity index (χ2n) is 6.60. The van der Waals surface area contributed by atoms with Gasteiger partial charge in [-0.2, -0.15) is 0 Å². The number of Topliss-reactive ketones (excluding diaryl/α,β-unsaturated/α-hetero) is 1. The van der Waals surface area contributed by atoms with Crippen LogP contribution in [0.1, 0.15) is 29.2 Å². The zero-order valence-corrected chi connectivity index (χ0v) is 16.5. The van der Waals surface area contributed by atoms with Gasteiger partial charge in [0.25, 0.3) is 5.56 Å². The predicted octanol–water partition coefficient (Wildman–Crippen LogP) is 3.72. The normalized spacial score (nSPS) is 13.5. The lowest BCUT2D eigenvalue weighted by Gasteiger charge is -2.13. The Bertz CT molecular complexity index is 1110. The number of hydrogen-bond donors (Lipinski definition) is 0. The van der Waals surface area contributed by atoms with E-state index in [1.54, 1.807) is 35.9 Å². The van der Waals surface area contributed by atoms with Crippen molar-refractivity contribution in [3.8, 4) is 11.5 Å². The van der Waals surface area contributed by atoms with Crippen LogP contribution in [0.3, 0.4) is 0 Å². The third kappa shape index (κ3) is 3.49. The highest BCUT2D eigenvalue weighted by atomic mass is 32.2. The average Bonchev–Trinajstić information content (AvgIpc) is 3.56. The van der Waals surface area contributed by atoms with E-state index in [0.29, 0.717) is 33.1 Å². The third-order valence-electron chi connectivity index (χ3n) is 4.73. The number of fused-ring (bicyclic) bond motifs is 1. The largest absolute Gasteiger partial charge is 0.497 e. The first kappa shape index (κ1) is 18.6. The van der Waals surface area contributed by atoms with E-state index in [1.165, 1.54) is 18.9 Å². The van der Waals surface area contributed by atoms with Crippen LogP contribution in [0.15, 0.2) is 52.4 Å². The minimum Gasteiger partial charge on any atom is -0.497 e. The lowest BCUT2D eigenvalue weighted by molar-refractivity contribution is 0.101. The second-order valence-corrected chi connectivity index (χ2v) is 7.54. The van der Waals surface area contributed by atoms with Gasteiger partial charge in [0.1, 0.15) is 11.5 Å². The summed E-state index contributed by atoms with van der Waals surface area (Å²) in [5.41, 5.74) is 1.07. The number of thioether (sulfide) groups is 1. The molecular formula is C21H20N2O4S. The number of rotatable bonds is 7. The van der Waals surface area contributed by atoms with Crippen molar-refractivity contribution >= 4 is 28.4 Å². The van der Waals surface area contributed by atoms with Crippen molar-refractivity contribution in [2.45, 2.75) is 24.0 Å². The molecule has 0 spiro atoms. The molecule has 1 fully saturated rings. The fourth-order valence-electron chi connectivity index (χ4n) is 3.12. The third-order valence-corrected chi connectivity index (χ3v) is 5.68. The molecule has 7 heteroatoms. The molecule has 2 aromatic carbocycles. The second kappa shape index (κ2) is 7.67. The molecule has 1 aliphatic rings. The first-order chi connectivity index (χ1) is 13.6. The number of nitrogens with zero attached hydrogens (tertiary/aromatic N) is 2. The molecule has 6 nitrogen and oxygen atoms in total. The van der Waals surface area contributed by atoms with E-state index in [1.807, 2.05) is 18.2 Å². The molecule has 0 N–H and O–H groups in total. The summed E-state index contributed by atoms with van der Waals surface area (Å²) in [6.07, 6.45) is 1.93. The van der Waals surface area contributed by atoms with Gasteiger partial charge in [0.05, 0.1) is 36.4 Å². The zero-order valence-electron chi connectivity index (χ0n) is 15.7. The van der Waals surface area contributed by atoms with E-state index >= 15 is 0 Å². The number of carbonyl (C=O) groups excluding carboxylic acids is 1. The van der Waals surface area contributed by atoms with Crippen molar-refractivity contribution in [1.82, 2.24) is 9.55 Å². The van der Waals surface area contributed by atoms with Gasteiger partial charge in [0.2, 0.25) is 0 Å². The molecule has 1 saturated carbocycles. The van der Waals surface area contributed by atoms with Gasteiger partial charge < -0.3 is 9.47 Å². The van der Waals surface area contributed by atoms with Crippen LogP contribution < -0.4 is 15.0 Å². The topological polar surface area (TPSA) is 70.4 Å². The lowest BCUT2D eigenvalue weighted by Crippen LogP contribution is -2.22. The van der Waals surface area contributed by atoms with Gasteiger partial charge in [0, 0.05) is 6.04 Å². The Balaban J connectivity index is 1.65. The van der Waals surface area contributed by atoms with Crippen LogP contribution in [0.25, 0.3) is 10.9 Å². The van der Waals surface area contributed by atoms with Gasteiger partial charge in [0.15, 0.2) is 10.9 Å². The molecule has 3 aromatic rings. The summed E-state index contributed by atoms with van der Waals surface area (Å²) >= 11 is 1.29. The van der Waals surface area contributed by atoms with E-state index in [-0.39, 0.29) is 23.1 Å². The Morgan fingerprint density at radius 2 is 1.96 bits per heavy atom. The van der Waals surface area contributed by atoms with Crippen LogP contribution in [-0.4, -0.2) is 35.3 Å². The van der Waals surface area contributed by atoms with Crippen LogP contribution in [-0.2, 0) is 0 Å². The van der Waals surface area contributed by atoms with Gasteiger partial charge in [-0.1, -0.05) is 23.9 Å². The van der Waals surface area contributed by atoms with E-state index in [2.05, 4.69) is 4.98 Å². The molecule has 0 aliphatic heterocycles. The number of aromatic nitrogens is 2. The number of methoxy groups -OCH3 is 2. The number of carbonyl (C=O) groups is 1. The van der Waals surface area contributed by atoms with Crippen molar-refractivity contribution in [3.05, 3.63) is 58.4 Å². The quantitative estimate of drug-likeness (QED) is 0.344. The van der Waals surface area contributed by atoms with Gasteiger partial charge in [-0.3, -0.25) is 14.2 Å². The number of hydrogen-bond acceptors (Lipinski definition) is 6. The first-order valence-corrected chi connectivity index (χ1v) is 10.00. The van der Waals surface area contributed by atoms with Gasteiger partial charge in [-0.15, -0.1) is 0 Å². The van der Waals surface area contributed by atoms with Crippen molar-refractivity contribution in [1.29, 1.82) is 0 Å². The molecule has 28 heavy (non-hydrogen) atoms. The number of ketones is 1. The molecular weight excluding hydrogens is 376 g/mol. The van der Waals surface area contributed by atoms with E-state index in [9.17, 15) is 9.59 Å². The number of ether oxygens (including phenoxy) is 2. The minimum atomic E-state index is -0.106. The predicted molar refractivity (Wildman–Crippen MR) is 109 cm³/mol. The molecule has 1 aliphatic carbocycles. The summed E-state index contributed by atoms with van der Waals surface area (Å²) in [6.45, 7) is 0. The lowest BCUT2D eigenvalue weighted by atomic mass is 10.1. The summed E-state index contributed by atoms with van der Waals surface area (Å²) in [6, 6.07) is 12.6. The maximum absolute atomic E-state index is 12.9. The van der Waals surface area contributed by atoms with Crippen molar-refractivity contribution < 1.29 is 14.3 Å². The maximum Gasteiger partial charge on any atom is 0.262 e. The Morgan fingerprint density at radius 1 is 1.18 bits per heavy atom. The summed E-state index contributed by atoms with van der Waals surface area (Å²) < 4.78 is 12.3. The SMILES string of the molecule is COc1ccc(OC)c(C(=O)CSc2nc3ccccc3c(=O)n2C2CC2)c1. The standard InChI is InChI=1S/C21H20N2O4S/c1-26-14-9-10-19(27-2)16(11-14)18(24)12-28-21-22-17-6-4-3-5-15(17)20(25)23(21)13-7-8-13/h3-6,9-11,13H,7-8,12H2,1-2H3. The molecule has 0 radical (unpaired) electrons. The minimum absolute atomic E-state index is 0.0398. The Morgan fingerprint density at radius 3 is 2.68 bits per heavy atom. The van der Waals surface area contributed by atoms with E-state index < -0.39 is 0 Å². The Hall–Kier alpha value is -2.80. The van der Waals surface area contributed by atoms with Crippen LogP contribution in [0.2, 0.25) is 0 Å².